The summed E-state index contributed by atoms with van der Waals surface area (Å²) in [6, 6.07) is 8.23. The van der Waals surface area contributed by atoms with Crippen molar-refractivity contribution in [2.75, 3.05) is 25.2 Å². The fourth-order valence-corrected chi connectivity index (χ4v) is 3.96. The summed E-state index contributed by atoms with van der Waals surface area (Å²) >= 11 is 0. The highest BCUT2D eigenvalue weighted by atomic mass is 32.2. The molecule has 1 aromatic carbocycles. The van der Waals surface area contributed by atoms with Crippen molar-refractivity contribution in [1.29, 1.82) is 5.26 Å². The molecule has 0 N–H and O–H groups in total. The van der Waals surface area contributed by atoms with Gasteiger partial charge in [0.1, 0.15) is 5.75 Å². The molecular formula is C14H16N2O4S. The zero-order valence-corrected chi connectivity index (χ0v) is 12.5. The Morgan fingerprint density at radius 3 is 2.90 bits per heavy atom. The molecule has 1 heterocycles. The van der Waals surface area contributed by atoms with E-state index in [1.807, 2.05) is 6.07 Å². The summed E-state index contributed by atoms with van der Waals surface area (Å²) in [7, 11) is -1.43. The number of carbonyl (C=O) groups excluding carboxylic acids is 1. The molecule has 0 spiro atoms. The van der Waals surface area contributed by atoms with Gasteiger partial charge in [-0.2, -0.15) is 5.26 Å². The molecule has 1 fully saturated rings. The van der Waals surface area contributed by atoms with Crippen LogP contribution in [0.5, 0.6) is 5.75 Å². The predicted molar refractivity (Wildman–Crippen MR) is 76.5 cm³/mol. The second-order valence-corrected chi connectivity index (χ2v) is 7.22. The van der Waals surface area contributed by atoms with Gasteiger partial charge in [0, 0.05) is 13.1 Å². The van der Waals surface area contributed by atoms with E-state index in [4.69, 9.17) is 10.00 Å². The second kappa shape index (κ2) is 6.14. The van der Waals surface area contributed by atoms with Crippen molar-refractivity contribution in [2.45, 2.75) is 12.5 Å². The lowest BCUT2D eigenvalue weighted by Gasteiger charge is -2.23. The summed E-state index contributed by atoms with van der Waals surface area (Å²) in [6.45, 7) is -0.179. The Labute approximate surface area is 123 Å². The van der Waals surface area contributed by atoms with Crippen molar-refractivity contribution < 1.29 is 17.9 Å². The van der Waals surface area contributed by atoms with Crippen LogP contribution in [0.2, 0.25) is 0 Å². The van der Waals surface area contributed by atoms with Crippen molar-refractivity contribution in [3.63, 3.8) is 0 Å². The van der Waals surface area contributed by atoms with Crippen LogP contribution in [-0.4, -0.2) is 50.4 Å². The van der Waals surface area contributed by atoms with E-state index in [1.165, 1.54) is 4.90 Å². The maximum absolute atomic E-state index is 12.0. The van der Waals surface area contributed by atoms with Crippen molar-refractivity contribution in [3.05, 3.63) is 29.8 Å². The highest BCUT2D eigenvalue weighted by Gasteiger charge is 2.32. The first-order valence-electron chi connectivity index (χ1n) is 6.50. The van der Waals surface area contributed by atoms with Crippen molar-refractivity contribution in [1.82, 2.24) is 4.90 Å². The highest BCUT2D eigenvalue weighted by Crippen LogP contribution is 2.17. The third-order valence-corrected chi connectivity index (χ3v) is 5.23. The van der Waals surface area contributed by atoms with Crippen LogP contribution in [0, 0.1) is 11.3 Å². The molecule has 0 radical (unpaired) electrons. The van der Waals surface area contributed by atoms with Crippen LogP contribution in [0.4, 0.5) is 0 Å². The average molecular weight is 308 g/mol. The quantitative estimate of drug-likeness (QED) is 0.812. The molecular weight excluding hydrogens is 292 g/mol. The molecule has 0 unspecified atom stereocenters. The summed E-state index contributed by atoms with van der Waals surface area (Å²) in [4.78, 5) is 13.4. The van der Waals surface area contributed by atoms with Crippen LogP contribution < -0.4 is 4.74 Å². The van der Waals surface area contributed by atoms with Gasteiger partial charge in [0.2, 0.25) is 0 Å². The molecule has 1 aliphatic heterocycles. The lowest BCUT2D eigenvalue weighted by molar-refractivity contribution is -0.133. The van der Waals surface area contributed by atoms with E-state index >= 15 is 0 Å². The Morgan fingerprint density at radius 1 is 1.52 bits per heavy atom. The van der Waals surface area contributed by atoms with Gasteiger partial charge in [0.25, 0.3) is 5.91 Å². The Bertz CT molecular complexity index is 678. The molecule has 1 atom stereocenters. The van der Waals surface area contributed by atoms with E-state index < -0.39 is 9.84 Å². The molecule has 21 heavy (non-hydrogen) atoms. The van der Waals surface area contributed by atoms with E-state index in [0.717, 1.165) is 0 Å². The van der Waals surface area contributed by atoms with Crippen LogP contribution in [0.25, 0.3) is 0 Å². The van der Waals surface area contributed by atoms with Gasteiger partial charge in [0.05, 0.1) is 23.1 Å². The van der Waals surface area contributed by atoms with Crippen molar-refractivity contribution in [2.24, 2.45) is 0 Å². The zero-order valence-electron chi connectivity index (χ0n) is 11.7. The number of nitrogens with zero attached hydrogens (tertiary/aromatic N) is 2. The lowest BCUT2D eigenvalue weighted by atomic mass is 10.2. The maximum Gasteiger partial charge on any atom is 0.260 e. The monoisotopic (exact) mass is 308 g/mol. The van der Waals surface area contributed by atoms with Gasteiger partial charge in [0.15, 0.2) is 16.4 Å². The molecule has 2 rings (SSSR count). The first-order chi connectivity index (χ1) is 9.91. The van der Waals surface area contributed by atoms with Crippen LogP contribution in [0.15, 0.2) is 24.3 Å². The van der Waals surface area contributed by atoms with Gasteiger partial charge in [-0.05, 0) is 24.6 Å². The summed E-state index contributed by atoms with van der Waals surface area (Å²) in [5.74, 6) is 0.300. The first kappa shape index (κ1) is 15.3. The van der Waals surface area contributed by atoms with E-state index in [2.05, 4.69) is 0 Å². The minimum Gasteiger partial charge on any atom is -0.484 e. The van der Waals surface area contributed by atoms with Crippen LogP contribution in [0.3, 0.4) is 0 Å². The number of ether oxygens (including phenoxy) is 1. The fraction of sp³-hybridized carbons (Fsp3) is 0.429. The number of carbonyl (C=O) groups is 1. The summed E-state index contributed by atoms with van der Waals surface area (Å²) in [5, 5.41) is 8.78. The third-order valence-electron chi connectivity index (χ3n) is 3.47. The standard InChI is InChI=1S/C14H16N2O4S/c1-16(12-5-6-21(18,19)10-12)14(17)9-20-13-4-2-3-11(7-13)8-15/h2-4,7,12H,5-6,9-10H2,1H3/t12-/m1/s1. The molecule has 6 nitrogen and oxygen atoms in total. The van der Waals surface area contributed by atoms with Crippen LogP contribution >= 0.6 is 0 Å². The highest BCUT2D eigenvalue weighted by molar-refractivity contribution is 7.91. The van der Waals surface area contributed by atoms with E-state index in [0.29, 0.717) is 17.7 Å². The number of rotatable bonds is 4. The third kappa shape index (κ3) is 3.95. The molecule has 1 amide bonds. The minimum absolute atomic E-state index is 0.0131. The fourth-order valence-electron chi connectivity index (χ4n) is 2.19. The Morgan fingerprint density at radius 2 is 2.29 bits per heavy atom. The topological polar surface area (TPSA) is 87.5 Å². The largest absolute Gasteiger partial charge is 0.484 e. The molecule has 7 heteroatoms. The lowest BCUT2D eigenvalue weighted by Crippen LogP contribution is -2.40. The molecule has 0 bridgehead atoms. The smallest absolute Gasteiger partial charge is 0.260 e. The second-order valence-electron chi connectivity index (χ2n) is 4.99. The van der Waals surface area contributed by atoms with Gasteiger partial charge < -0.3 is 9.64 Å². The normalized spacial score (nSPS) is 19.7. The van der Waals surface area contributed by atoms with Gasteiger partial charge in [-0.25, -0.2) is 8.42 Å². The number of nitriles is 1. The summed E-state index contributed by atoms with van der Waals surface area (Å²) < 4.78 is 28.2. The van der Waals surface area contributed by atoms with Gasteiger partial charge >= 0.3 is 0 Å². The van der Waals surface area contributed by atoms with E-state index in [9.17, 15) is 13.2 Å². The van der Waals surface area contributed by atoms with Gasteiger partial charge in [-0.3, -0.25) is 4.79 Å². The van der Waals surface area contributed by atoms with Crippen molar-refractivity contribution >= 4 is 15.7 Å². The predicted octanol–water partition coefficient (Wildman–Crippen LogP) is 0.583. The van der Waals surface area contributed by atoms with E-state index in [1.54, 1.807) is 31.3 Å². The Hall–Kier alpha value is -2.07. The molecule has 112 valence electrons. The summed E-state index contributed by atoms with van der Waals surface area (Å²) in [5.41, 5.74) is 0.454. The SMILES string of the molecule is CN(C(=O)COc1cccc(C#N)c1)[C@@H]1CCS(=O)(=O)C1. The number of amides is 1. The van der Waals surface area contributed by atoms with Gasteiger partial charge in [-0.1, -0.05) is 6.07 Å². The first-order valence-corrected chi connectivity index (χ1v) is 8.32. The Kier molecular flexibility index (Phi) is 4.48. The van der Waals surface area contributed by atoms with Gasteiger partial charge in [-0.15, -0.1) is 0 Å². The minimum atomic E-state index is -3.02. The molecule has 0 aromatic heterocycles. The number of hydrogen-bond donors (Lipinski definition) is 0. The average Bonchev–Trinajstić information content (AvgIpc) is 2.84. The van der Waals surface area contributed by atoms with E-state index in [-0.39, 0.29) is 30.1 Å². The molecule has 1 aliphatic rings. The number of sulfone groups is 1. The maximum atomic E-state index is 12.0. The van der Waals surface area contributed by atoms with Crippen LogP contribution in [-0.2, 0) is 14.6 Å². The molecule has 0 aliphatic carbocycles. The molecule has 1 saturated heterocycles. The number of hydrogen-bond acceptors (Lipinski definition) is 5. The van der Waals surface area contributed by atoms with Crippen LogP contribution in [0.1, 0.15) is 12.0 Å². The number of likely N-dealkylation sites (N-methyl/N-ethyl adjacent to an activating group) is 1. The zero-order chi connectivity index (χ0) is 15.5. The molecule has 1 aromatic rings. The van der Waals surface area contributed by atoms with Crippen molar-refractivity contribution in [3.8, 4) is 11.8 Å². The summed E-state index contributed by atoms with van der Waals surface area (Å²) in [6.07, 6.45) is 0.467. The molecule has 0 saturated carbocycles. The Balaban J connectivity index is 1.91. The number of benzene rings is 1.